The van der Waals surface area contributed by atoms with Crippen molar-refractivity contribution in [3.8, 4) is 0 Å². The van der Waals surface area contributed by atoms with Crippen molar-refractivity contribution >= 4 is 11.7 Å². The van der Waals surface area contributed by atoms with Crippen LogP contribution in [0.1, 0.15) is 45.0 Å². The van der Waals surface area contributed by atoms with Gasteiger partial charge in [-0.05, 0) is 5.92 Å². The van der Waals surface area contributed by atoms with E-state index in [2.05, 4.69) is 5.32 Å². The Morgan fingerprint density at radius 2 is 1.58 bits per heavy atom. The predicted octanol–water partition coefficient (Wildman–Crippen LogP) is 3.06. The maximum absolute atomic E-state index is 12.4. The summed E-state index contributed by atoms with van der Waals surface area (Å²) < 4.78 is 0. The third-order valence-electron chi connectivity index (χ3n) is 2.98. The standard InChI is InChI=1S/C16H23NO2/c1-11(2)13(17-15(19)16(3,4)5)14(18)12-9-7-6-8-10-12/h6-11,13H,1-5H3,(H,17,19). The molecule has 1 aromatic rings. The lowest BCUT2D eigenvalue weighted by Crippen LogP contribution is -2.48. The lowest BCUT2D eigenvalue weighted by Gasteiger charge is -2.26. The van der Waals surface area contributed by atoms with Crippen LogP contribution in [0.15, 0.2) is 30.3 Å². The third-order valence-corrected chi connectivity index (χ3v) is 2.98. The summed E-state index contributed by atoms with van der Waals surface area (Å²) in [5, 5.41) is 2.87. The van der Waals surface area contributed by atoms with Gasteiger partial charge in [0.05, 0.1) is 6.04 Å². The van der Waals surface area contributed by atoms with Gasteiger partial charge in [0.15, 0.2) is 5.78 Å². The van der Waals surface area contributed by atoms with Gasteiger partial charge < -0.3 is 5.32 Å². The quantitative estimate of drug-likeness (QED) is 0.847. The van der Waals surface area contributed by atoms with E-state index in [9.17, 15) is 9.59 Å². The molecule has 0 saturated carbocycles. The van der Waals surface area contributed by atoms with Gasteiger partial charge in [0.25, 0.3) is 0 Å². The Hall–Kier alpha value is -1.64. The monoisotopic (exact) mass is 261 g/mol. The molecular formula is C16H23NO2. The zero-order valence-electron chi connectivity index (χ0n) is 12.4. The maximum atomic E-state index is 12.4. The van der Waals surface area contributed by atoms with Gasteiger partial charge in [0.1, 0.15) is 0 Å². The number of hydrogen-bond acceptors (Lipinski definition) is 2. The summed E-state index contributed by atoms with van der Waals surface area (Å²) in [4.78, 5) is 24.5. The summed E-state index contributed by atoms with van der Waals surface area (Å²) in [7, 11) is 0. The van der Waals surface area contributed by atoms with E-state index in [4.69, 9.17) is 0 Å². The zero-order valence-corrected chi connectivity index (χ0v) is 12.4. The largest absolute Gasteiger partial charge is 0.345 e. The smallest absolute Gasteiger partial charge is 0.225 e. The van der Waals surface area contributed by atoms with Crippen molar-refractivity contribution in [1.29, 1.82) is 0 Å². The molecule has 0 aliphatic carbocycles. The molecule has 0 radical (unpaired) electrons. The van der Waals surface area contributed by atoms with Crippen molar-refractivity contribution in [3.63, 3.8) is 0 Å². The van der Waals surface area contributed by atoms with Gasteiger partial charge in [-0.3, -0.25) is 9.59 Å². The fourth-order valence-corrected chi connectivity index (χ4v) is 1.67. The first-order valence-electron chi connectivity index (χ1n) is 6.63. The summed E-state index contributed by atoms with van der Waals surface area (Å²) in [6.45, 7) is 9.40. The molecule has 1 amide bonds. The molecule has 0 bridgehead atoms. The van der Waals surface area contributed by atoms with E-state index in [-0.39, 0.29) is 17.6 Å². The highest BCUT2D eigenvalue weighted by molar-refractivity contribution is 6.02. The van der Waals surface area contributed by atoms with Crippen LogP contribution in [0.5, 0.6) is 0 Å². The van der Waals surface area contributed by atoms with Crippen LogP contribution in [0.25, 0.3) is 0 Å². The molecule has 1 aromatic carbocycles. The fourth-order valence-electron chi connectivity index (χ4n) is 1.67. The molecule has 19 heavy (non-hydrogen) atoms. The van der Waals surface area contributed by atoms with Gasteiger partial charge in [-0.1, -0.05) is 65.0 Å². The first-order chi connectivity index (χ1) is 8.73. The number of Topliss-reactive ketones (excluding diaryl/α,β-unsaturated/α-hetero) is 1. The van der Waals surface area contributed by atoms with Gasteiger partial charge in [-0.25, -0.2) is 0 Å². The van der Waals surface area contributed by atoms with Crippen molar-refractivity contribution in [2.75, 3.05) is 0 Å². The van der Waals surface area contributed by atoms with Gasteiger partial charge in [0.2, 0.25) is 5.91 Å². The molecule has 104 valence electrons. The highest BCUT2D eigenvalue weighted by Gasteiger charge is 2.29. The van der Waals surface area contributed by atoms with Crippen molar-refractivity contribution in [3.05, 3.63) is 35.9 Å². The molecule has 1 unspecified atom stereocenters. The van der Waals surface area contributed by atoms with Crippen LogP contribution in [0.2, 0.25) is 0 Å². The predicted molar refractivity (Wildman–Crippen MR) is 77.0 cm³/mol. The molecule has 1 rings (SSSR count). The molecule has 3 nitrogen and oxygen atoms in total. The van der Waals surface area contributed by atoms with E-state index in [1.807, 2.05) is 52.8 Å². The summed E-state index contributed by atoms with van der Waals surface area (Å²) in [5.74, 6) is -0.0808. The molecular weight excluding hydrogens is 238 g/mol. The molecule has 1 atom stereocenters. The van der Waals surface area contributed by atoms with E-state index < -0.39 is 11.5 Å². The average Bonchev–Trinajstić information content (AvgIpc) is 2.34. The number of nitrogens with one attached hydrogen (secondary N) is 1. The van der Waals surface area contributed by atoms with E-state index >= 15 is 0 Å². The molecule has 0 aromatic heterocycles. The van der Waals surface area contributed by atoms with Gasteiger partial charge in [-0.2, -0.15) is 0 Å². The second kappa shape index (κ2) is 6.00. The van der Waals surface area contributed by atoms with Crippen molar-refractivity contribution in [2.24, 2.45) is 11.3 Å². The Morgan fingerprint density at radius 3 is 2.00 bits per heavy atom. The molecule has 0 aliphatic heterocycles. The molecule has 1 N–H and O–H groups in total. The summed E-state index contributed by atoms with van der Waals surface area (Å²) in [6.07, 6.45) is 0. The molecule has 0 fully saturated rings. The van der Waals surface area contributed by atoms with Crippen molar-refractivity contribution < 1.29 is 9.59 Å². The minimum absolute atomic E-state index is 0.0341. The fraction of sp³-hybridized carbons (Fsp3) is 0.500. The number of amides is 1. The van der Waals surface area contributed by atoms with E-state index in [0.717, 1.165) is 0 Å². The number of rotatable bonds is 4. The minimum atomic E-state index is -0.496. The van der Waals surface area contributed by atoms with Crippen LogP contribution in [0.4, 0.5) is 0 Å². The van der Waals surface area contributed by atoms with E-state index in [0.29, 0.717) is 5.56 Å². The van der Waals surface area contributed by atoms with E-state index in [1.165, 1.54) is 0 Å². The first kappa shape index (κ1) is 15.4. The van der Waals surface area contributed by atoms with Crippen LogP contribution < -0.4 is 5.32 Å². The van der Waals surface area contributed by atoms with Gasteiger partial charge >= 0.3 is 0 Å². The summed E-state index contributed by atoms with van der Waals surface area (Å²) in [6, 6.07) is 8.61. The minimum Gasteiger partial charge on any atom is -0.345 e. The van der Waals surface area contributed by atoms with Crippen LogP contribution in [-0.4, -0.2) is 17.7 Å². The molecule has 3 heteroatoms. The maximum Gasteiger partial charge on any atom is 0.225 e. The molecule has 0 spiro atoms. The highest BCUT2D eigenvalue weighted by Crippen LogP contribution is 2.16. The first-order valence-corrected chi connectivity index (χ1v) is 6.63. The molecule has 0 aliphatic rings. The Morgan fingerprint density at radius 1 is 1.05 bits per heavy atom. The molecule has 0 saturated heterocycles. The second-order valence-corrected chi connectivity index (χ2v) is 6.18. The van der Waals surface area contributed by atoms with Crippen LogP contribution in [0, 0.1) is 11.3 Å². The lowest BCUT2D eigenvalue weighted by molar-refractivity contribution is -0.129. The van der Waals surface area contributed by atoms with Gasteiger partial charge in [-0.15, -0.1) is 0 Å². The Kier molecular flexibility index (Phi) is 4.87. The average molecular weight is 261 g/mol. The highest BCUT2D eigenvalue weighted by atomic mass is 16.2. The summed E-state index contributed by atoms with van der Waals surface area (Å²) in [5.41, 5.74) is 0.139. The SMILES string of the molecule is CC(C)C(NC(=O)C(C)(C)C)C(=O)c1ccccc1. The lowest BCUT2D eigenvalue weighted by atomic mass is 9.91. The van der Waals surface area contributed by atoms with Crippen LogP contribution >= 0.6 is 0 Å². The zero-order chi connectivity index (χ0) is 14.6. The Bertz CT molecular complexity index is 444. The number of carbonyl (C=O) groups excluding carboxylic acids is 2. The van der Waals surface area contributed by atoms with Crippen molar-refractivity contribution in [1.82, 2.24) is 5.32 Å². The number of benzene rings is 1. The van der Waals surface area contributed by atoms with Crippen LogP contribution in [-0.2, 0) is 4.79 Å². The van der Waals surface area contributed by atoms with Crippen molar-refractivity contribution in [2.45, 2.75) is 40.7 Å². The second-order valence-electron chi connectivity index (χ2n) is 6.18. The number of hydrogen-bond donors (Lipinski definition) is 1. The Balaban J connectivity index is 2.91. The Labute approximate surface area is 115 Å². The third kappa shape index (κ3) is 4.19. The summed E-state index contributed by atoms with van der Waals surface area (Å²) >= 11 is 0. The molecule has 0 heterocycles. The normalized spacial score (nSPS) is 13.2. The van der Waals surface area contributed by atoms with E-state index in [1.54, 1.807) is 12.1 Å². The number of carbonyl (C=O) groups is 2. The van der Waals surface area contributed by atoms with Gasteiger partial charge in [0, 0.05) is 11.0 Å². The number of ketones is 1. The topological polar surface area (TPSA) is 46.2 Å². The van der Waals surface area contributed by atoms with Crippen LogP contribution in [0.3, 0.4) is 0 Å².